The van der Waals surface area contributed by atoms with Crippen LogP contribution >= 0.6 is 11.3 Å². The number of rotatable bonds is 6. The van der Waals surface area contributed by atoms with Gasteiger partial charge in [-0.3, -0.25) is 0 Å². The highest BCUT2D eigenvalue weighted by Gasteiger charge is 2.23. The molecule has 12 aromatic rings. The Morgan fingerprint density at radius 1 is 0.356 bits per heavy atom. The molecule has 3 heteroatoms. The van der Waals surface area contributed by atoms with Gasteiger partial charge in [0.25, 0.3) is 0 Å². The van der Waals surface area contributed by atoms with Crippen molar-refractivity contribution in [2.75, 3.05) is 4.90 Å². The van der Waals surface area contributed by atoms with Gasteiger partial charge in [-0.15, -0.1) is 11.3 Å². The molecule has 276 valence electrons. The molecule has 59 heavy (non-hydrogen) atoms. The van der Waals surface area contributed by atoms with E-state index in [4.69, 9.17) is 0 Å². The van der Waals surface area contributed by atoms with Gasteiger partial charge in [-0.2, -0.15) is 0 Å². The Kier molecular flexibility index (Phi) is 7.75. The summed E-state index contributed by atoms with van der Waals surface area (Å²) in [4.78, 5) is 2.45. The molecule has 0 radical (unpaired) electrons. The maximum absolute atomic E-state index is 2.45. The second-order valence-corrected chi connectivity index (χ2v) is 16.3. The molecule has 10 aromatic carbocycles. The molecule has 0 bridgehead atoms. The highest BCUT2D eigenvalue weighted by Crippen LogP contribution is 2.49. The van der Waals surface area contributed by atoms with Crippen LogP contribution in [0.5, 0.6) is 0 Å². The van der Waals surface area contributed by atoms with Gasteiger partial charge in [0.1, 0.15) is 0 Å². The van der Waals surface area contributed by atoms with Crippen LogP contribution in [0, 0.1) is 0 Å². The monoisotopic (exact) mass is 768 g/mol. The third-order valence-electron chi connectivity index (χ3n) is 12.0. The SMILES string of the molecule is c1ccc(-n2c3ccccc3c3sc4c(-c5ccccc5N(c5ccc(-c6cccc7ccccc67)cc5)c5ccc6c(ccc7ccccc76)c5)cccc4c32)cc1. The van der Waals surface area contributed by atoms with Crippen LogP contribution < -0.4 is 4.90 Å². The van der Waals surface area contributed by atoms with E-state index in [2.05, 4.69) is 228 Å². The zero-order chi connectivity index (χ0) is 38.9. The van der Waals surface area contributed by atoms with Crippen LogP contribution in [0.3, 0.4) is 0 Å². The van der Waals surface area contributed by atoms with E-state index in [0.29, 0.717) is 0 Å². The van der Waals surface area contributed by atoms with Gasteiger partial charge in [-0.25, -0.2) is 0 Å². The summed E-state index contributed by atoms with van der Waals surface area (Å²) in [6, 6.07) is 79.8. The van der Waals surface area contributed by atoms with Gasteiger partial charge in [0.2, 0.25) is 0 Å². The number of fused-ring (bicyclic) bond motifs is 9. The summed E-state index contributed by atoms with van der Waals surface area (Å²) in [6.07, 6.45) is 0. The van der Waals surface area contributed by atoms with Gasteiger partial charge in [0.05, 0.1) is 21.4 Å². The van der Waals surface area contributed by atoms with Crippen molar-refractivity contribution in [1.82, 2.24) is 4.57 Å². The first-order valence-electron chi connectivity index (χ1n) is 20.2. The van der Waals surface area contributed by atoms with Crippen molar-refractivity contribution in [1.29, 1.82) is 0 Å². The number of thiophene rings is 1. The minimum absolute atomic E-state index is 1.10. The average molecular weight is 769 g/mol. The van der Waals surface area contributed by atoms with Gasteiger partial charge in [-0.1, -0.05) is 170 Å². The third kappa shape index (κ3) is 5.40. The second kappa shape index (κ2) is 13.6. The number of nitrogens with zero attached hydrogens (tertiary/aromatic N) is 2. The first-order valence-corrected chi connectivity index (χ1v) is 21.0. The van der Waals surface area contributed by atoms with Crippen LogP contribution in [0.25, 0.3) is 91.5 Å². The van der Waals surface area contributed by atoms with Crippen LogP contribution in [-0.2, 0) is 0 Å². The highest BCUT2D eigenvalue weighted by molar-refractivity contribution is 7.27. The Bertz CT molecular complexity index is 3550. The van der Waals surface area contributed by atoms with Crippen molar-refractivity contribution in [3.8, 4) is 27.9 Å². The van der Waals surface area contributed by atoms with Crippen LogP contribution in [0.4, 0.5) is 17.1 Å². The standard InChI is InChI=1S/C56H36N2S/c1-2-17-41(18-3-1)58-53-27-11-9-22-50(53)56-54(58)51-25-13-24-49(55(51)59-56)48-21-8-10-26-52(48)57(43-34-35-47-40(36-43)29-28-38-15-5-7-20-45(38)47)42-32-30-39(31-33-42)46-23-12-16-37-14-4-6-19-44(37)46/h1-36H. The molecule has 2 aromatic heterocycles. The second-order valence-electron chi connectivity index (χ2n) is 15.3. The molecule has 0 N–H and O–H groups in total. The molecule has 0 saturated heterocycles. The smallest absolute Gasteiger partial charge is 0.0727 e. The number of aromatic nitrogens is 1. The molecule has 2 nitrogen and oxygen atoms in total. The minimum atomic E-state index is 1.10. The molecule has 0 amide bonds. The first kappa shape index (κ1) is 33.7. The number of hydrogen-bond donors (Lipinski definition) is 0. The molecule has 2 heterocycles. The number of benzene rings is 10. The maximum Gasteiger partial charge on any atom is 0.0727 e. The van der Waals surface area contributed by atoms with Crippen molar-refractivity contribution in [3.63, 3.8) is 0 Å². The molecule has 0 aliphatic heterocycles. The molecule has 0 aliphatic carbocycles. The van der Waals surface area contributed by atoms with Gasteiger partial charge in [0, 0.05) is 43.7 Å². The molecular formula is C56H36N2S. The normalized spacial score (nSPS) is 11.7. The van der Waals surface area contributed by atoms with E-state index in [1.807, 2.05) is 11.3 Å². The van der Waals surface area contributed by atoms with Crippen LogP contribution in [0.1, 0.15) is 0 Å². The maximum atomic E-state index is 2.45. The van der Waals surface area contributed by atoms with Gasteiger partial charge in [0.15, 0.2) is 0 Å². The van der Waals surface area contributed by atoms with Gasteiger partial charge in [-0.05, 0) is 92.0 Å². The van der Waals surface area contributed by atoms with E-state index in [9.17, 15) is 0 Å². The molecule has 12 rings (SSSR count). The Hall–Kier alpha value is -7.46. The zero-order valence-corrected chi connectivity index (χ0v) is 32.9. The van der Waals surface area contributed by atoms with Gasteiger partial charge < -0.3 is 9.47 Å². The zero-order valence-electron chi connectivity index (χ0n) is 32.1. The topological polar surface area (TPSA) is 8.17 Å². The van der Waals surface area contributed by atoms with Crippen molar-refractivity contribution >= 4 is 91.9 Å². The lowest BCUT2D eigenvalue weighted by Gasteiger charge is -2.28. The number of anilines is 3. The molecule has 0 fully saturated rings. The average Bonchev–Trinajstić information content (AvgIpc) is 3.85. The van der Waals surface area contributed by atoms with E-state index < -0.39 is 0 Å². The van der Waals surface area contributed by atoms with Crippen LogP contribution in [0.15, 0.2) is 218 Å². The molecule has 0 atom stereocenters. The molecule has 0 aliphatic rings. The lowest BCUT2D eigenvalue weighted by molar-refractivity contribution is 1.19. The van der Waals surface area contributed by atoms with Crippen molar-refractivity contribution < 1.29 is 0 Å². The highest BCUT2D eigenvalue weighted by atomic mass is 32.1. The van der Waals surface area contributed by atoms with Crippen molar-refractivity contribution in [2.45, 2.75) is 0 Å². The summed E-state index contributed by atoms with van der Waals surface area (Å²) in [5.74, 6) is 0. The van der Waals surface area contributed by atoms with Crippen LogP contribution in [0.2, 0.25) is 0 Å². The number of hydrogen-bond acceptors (Lipinski definition) is 2. The summed E-state index contributed by atoms with van der Waals surface area (Å²) >= 11 is 1.90. The predicted molar refractivity (Wildman–Crippen MR) is 254 cm³/mol. The molecule has 0 saturated carbocycles. The fraction of sp³-hybridized carbons (Fsp3) is 0. The van der Waals surface area contributed by atoms with E-state index in [0.717, 1.165) is 17.1 Å². The summed E-state index contributed by atoms with van der Waals surface area (Å²) in [7, 11) is 0. The van der Waals surface area contributed by atoms with Gasteiger partial charge >= 0.3 is 0 Å². The summed E-state index contributed by atoms with van der Waals surface area (Å²) < 4.78 is 5.05. The fourth-order valence-electron chi connectivity index (χ4n) is 9.28. The van der Waals surface area contributed by atoms with E-state index >= 15 is 0 Å². The summed E-state index contributed by atoms with van der Waals surface area (Å²) in [6.45, 7) is 0. The van der Waals surface area contributed by atoms with Crippen LogP contribution in [-0.4, -0.2) is 4.57 Å². The van der Waals surface area contributed by atoms with E-state index in [1.54, 1.807) is 0 Å². The summed E-state index contributed by atoms with van der Waals surface area (Å²) in [5, 5.41) is 10.0. The quantitative estimate of drug-likeness (QED) is 0.153. The Morgan fingerprint density at radius 3 is 1.81 bits per heavy atom. The largest absolute Gasteiger partial charge is 0.310 e. The Balaban J connectivity index is 1.08. The third-order valence-corrected chi connectivity index (χ3v) is 13.2. The van der Waals surface area contributed by atoms with E-state index in [1.165, 1.54) is 91.5 Å². The lowest BCUT2D eigenvalue weighted by atomic mass is 9.97. The first-order chi connectivity index (χ1) is 29.3. The predicted octanol–water partition coefficient (Wildman–Crippen LogP) is 16.3. The Labute approximate surface area is 346 Å². The number of para-hydroxylation sites is 3. The van der Waals surface area contributed by atoms with E-state index in [-0.39, 0.29) is 0 Å². The molecule has 0 unspecified atom stereocenters. The molecule has 0 spiro atoms. The minimum Gasteiger partial charge on any atom is -0.310 e. The lowest BCUT2D eigenvalue weighted by Crippen LogP contribution is -2.11. The molecular weight excluding hydrogens is 733 g/mol. The van der Waals surface area contributed by atoms with Crippen molar-refractivity contribution in [2.24, 2.45) is 0 Å². The Morgan fingerprint density at radius 2 is 0.949 bits per heavy atom. The fourth-order valence-corrected chi connectivity index (χ4v) is 10.6. The summed E-state index contributed by atoms with van der Waals surface area (Å²) in [5.41, 5.74) is 11.9. The van der Waals surface area contributed by atoms with Crippen molar-refractivity contribution in [3.05, 3.63) is 218 Å².